The zero-order valence-corrected chi connectivity index (χ0v) is 18.8. The van der Waals surface area contributed by atoms with Crippen LogP contribution in [0.4, 0.5) is 5.69 Å². The fourth-order valence-corrected chi connectivity index (χ4v) is 3.62. The van der Waals surface area contributed by atoms with Crippen molar-refractivity contribution in [3.8, 4) is 6.07 Å². The molecule has 7 heteroatoms. The van der Waals surface area contributed by atoms with Crippen molar-refractivity contribution in [2.24, 2.45) is 11.7 Å². The van der Waals surface area contributed by atoms with E-state index in [0.717, 1.165) is 41.2 Å². The third-order valence-electron chi connectivity index (χ3n) is 5.12. The lowest BCUT2D eigenvalue weighted by atomic mass is 9.97. The predicted octanol–water partition coefficient (Wildman–Crippen LogP) is 4.28. The summed E-state index contributed by atoms with van der Waals surface area (Å²) in [5.74, 6) is 0.592. The highest BCUT2D eigenvalue weighted by atomic mass is 32.1. The van der Waals surface area contributed by atoms with Crippen molar-refractivity contribution in [2.75, 3.05) is 18.4 Å². The molecule has 1 saturated heterocycles. The van der Waals surface area contributed by atoms with Gasteiger partial charge in [-0.3, -0.25) is 0 Å². The Bertz CT molecular complexity index is 973. The number of allylic oxidation sites excluding steroid dienone is 1. The van der Waals surface area contributed by atoms with Gasteiger partial charge in [-0.05, 0) is 68.1 Å². The number of anilines is 1. The highest BCUT2D eigenvalue weighted by Gasteiger charge is 2.29. The third kappa shape index (κ3) is 7.28. The van der Waals surface area contributed by atoms with Gasteiger partial charge in [0, 0.05) is 59.0 Å². The average Bonchev–Trinajstić information content (AvgIpc) is 3.13. The molecule has 1 aliphatic rings. The Balaban J connectivity index is 0.000000316. The number of nitrogens with two attached hydrogens (primary N) is 1. The van der Waals surface area contributed by atoms with Crippen LogP contribution in [0.25, 0.3) is 5.57 Å². The van der Waals surface area contributed by atoms with E-state index in [1.54, 1.807) is 24.3 Å². The zero-order chi connectivity index (χ0) is 22.9. The molecule has 0 amide bonds. The van der Waals surface area contributed by atoms with Gasteiger partial charge in [0.2, 0.25) is 0 Å². The van der Waals surface area contributed by atoms with Crippen LogP contribution in [-0.2, 0) is 0 Å². The van der Waals surface area contributed by atoms with Crippen LogP contribution < -0.4 is 16.4 Å². The van der Waals surface area contributed by atoms with Crippen LogP contribution >= 0.6 is 12.6 Å². The van der Waals surface area contributed by atoms with Crippen LogP contribution in [0.1, 0.15) is 37.0 Å². The quantitative estimate of drug-likeness (QED) is 0.300. The Morgan fingerprint density at radius 2 is 2.00 bits per heavy atom. The lowest BCUT2D eigenvalue weighted by molar-refractivity contribution is 0.445. The van der Waals surface area contributed by atoms with E-state index in [1.165, 1.54) is 18.6 Å². The van der Waals surface area contributed by atoms with Crippen molar-refractivity contribution < 1.29 is 0 Å². The maximum absolute atomic E-state index is 8.35. The smallest absolute Gasteiger partial charge is 0.0991 e. The van der Waals surface area contributed by atoms with Gasteiger partial charge in [0.25, 0.3) is 0 Å². The summed E-state index contributed by atoms with van der Waals surface area (Å²) in [7, 11) is 0. The van der Waals surface area contributed by atoms with Gasteiger partial charge >= 0.3 is 0 Å². The molecule has 1 aliphatic heterocycles. The Morgan fingerprint density at radius 1 is 1.29 bits per heavy atom. The SMILES string of the molecule is CC1(C)CC(CNc2ccc(/C(C=N)=C/N)cc2C=N)CN1.N#Cc1ccc(S)cc1. The molecule has 162 valence electrons. The fourth-order valence-electron chi connectivity index (χ4n) is 3.47. The van der Waals surface area contributed by atoms with Crippen LogP contribution in [0.15, 0.2) is 53.6 Å². The average molecular weight is 435 g/mol. The minimum atomic E-state index is 0.214. The Kier molecular flexibility index (Phi) is 8.86. The summed E-state index contributed by atoms with van der Waals surface area (Å²) in [6, 6.07) is 14.8. The summed E-state index contributed by atoms with van der Waals surface area (Å²) in [5.41, 5.74) is 9.67. The maximum Gasteiger partial charge on any atom is 0.0991 e. The van der Waals surface area contributed by atoms with Crippen LogP contribution in [0.3, 0.4) is 0 Å². The highest BCUT2D eigenvalue weighted by Crippen LogP contribution is 2.25. The summed E-state index contributed by atoms with van der Waals surface area (Å²) in [6.07, 6.45) is 5.12. The topological polar surface area (TPSA) is 122 Å². The standard InChI is InChI=1S/C17H25N5.C7H5NS/c1-17(2)6-12(11-22-17)10-21-16-4-3-13(5-14(16)7-18)15(8-19)9-20;8-5-6-1-3-7(9)4-2-6/h3-5,7-9,12,18-19,21-22H,6,10-11,20H2,1-2H3;1-4,9H/b15-9+,18-7?,19-8?;. The summed E-state index contributed by atoms with van der Waals surface area (Å²) < 4.78 is 0. The minimum Gasteiger partial charge on any atom is -0.404 e. The first-order chi connectivity index (χ1) is 14.8. The van der Waals surface area contributed by atoms with Gasteiger partial charge in [0.15, 0.2) is 0 Å². The number of nitrogens with one attached hydrogen (secondary N) is 4. The number of hydrogen-bond acceptors (Lipinski definition) is 7. The van der Waals surface area contributed by atoms with Crippen LogP contribution in [0.2, 0.25) is 0 Å². The largest absolute Gasteiger partial charge is 0.404 e. The fraction of sp³-hybridized carbons (Fsp3) is 0.292. The molecule has 6 N–H and O–H groups in total. The van der Waals surface area contributed by atoms with Gasteiger partial charge < -0.3 is 27.2 Å². The van der Waals surface area contributed by atoms with Crippen LogP contribution in [-0.4, -0.2) is 31.1 Å². The van der Waals surface area contributed by atoms with Crippen molar-refractivity contribution >= 4 is 36.3 Å². The van der Waals surface area contributed by atoms with Gasteiger partial charge in [-0.1, -0.05) is 6.07 Å². The van der Waals surface area contributed by atoms with Gasteiger partial charge in [0.1, 0.15) is 0 Å². The molecule has 1 fully saturated rings. The molecular weight excluding hydrogens is 404 g/mol. The monoisotopic (exact) mass is 434 g/mol. The minimum absolute atomic E-state index is 0.214. The van der Waals surface area contributed by atoms with Gasteiger partial charge in [-0.2, -0.15) is 5.26 Å². The van der Waals surface area contributed by atoms with E-state index in [4.69, 9.17) is 21.8 Å². The predicted molar refractivity (Wildman–Crippen MR) is 132 cm³/mol. The van der Waals surface area contributed by atoms with E-state index in [2.05, 4.69) is 37.1 Å². The molecule has 0 saturated carbocycles. The lowest BCUT2D eigenvalue weighted by Gasteiger charge is -2.18. The summed E-state index contributed by atoms with van der Waals surface area (Å²) >= 11 is 4.06. The van der Waals surface area contributed by atoms with Crippen LogP contribution in [0.5, 0.6) is 0 Å². The summed E-state index contributed by atoms with van der Waals surface area (Å²) in [6.45, 7) is 6.36. The second-order valence-electron chi connectivity index (χ2n) is 8.09. The van der Waals surface area contributed by atoms with Gasteiger partial charge in [0.05, 0.1) is 11.6 Å². The Hall–Kier alpha value is -3.08. The Morgan fingerprint density at radius 3 is 2.52 bits per heavy atom. The van der Waals surface area contributed by atoms with E-state index in [0.29, 0.717) is 17.1 Å². The molecule has 0 spiro atoms. The number of thiol groups is 1. The molecule has 1 heterocycles. The number of hydrogen-bond donors (Lipinski definition) is 6. The van der Waals surface area contributed by atoms with Gasteiger partial charge in [-0.25, -0.2) is 0 Å². The van der Waals surface area contributed by atoms with E-state index in [1.807, 2.05) is 24.3 Å². The molecule has 0 aromatic heterocycles. The normalized spacial score (nSPS) is 17.1. The second-order valence-corrected chi connectivity index (χ2v) is 8.60. The molecule has 2 aromatic rings. The lowest BCUT2D eigenvalue weighted by Crippen LogP contribution is -2.31. The first-order valence-corrected chi connectivity index (χ1v) is 10.5. The van der Waals surface area contributed by atoms with Crippen molar-refractivity contribution in [3.63, 3.8) is 0 Å². The first-order valence-electron chi connectivity index (χ1n) is 10.1. The molecule has 0 bridgehead atoms. The number of benzene rings is 2. The summed E-state index contributed by atoms with van der Waals surface area (Å²) in [5, 5.41) is 30.3. The maximum atomic E-state index is 8.35. The van der Waals surface area contributed by atoms with Crippen molar-refractivity contribution in [3.05, 3.63) is 65.4 Å². The summed E-state index contributed by atoms with van der Waals surface area (Å²) in [4.78, 5) is 0.883. The molecular formula is C24H30N6S. The van der Waals surface area contributed by atoms with Crippen LogP contribution in [0, 0.1) is 28.1 Å². The molecule has 1 unspecified atom stereocenters. The highest BCUT2D eigenvalue weighted by molar-refractivity contribution is 7.80. The van der Waals surface area contributed by atoms with Crippen molar-refractivity contribution in [1.29, 1.82) is 16.1 Å². The molecule has 0 radical (unpaired) electrons. The van der Waals surface area contributed by atoms with Crippen molar-refractivity contribution in [2.45, 2.75) is 30.7 Å². The molecule has 1 atom stereocenters. The molecule has 3 rings (SSSR count). The first kappa shape index (κ1) is 24.2. The molecule has 0 aliphatic carbocycles. The second kappa shape index (κ2) is 11.3. The third-order valence-corrected chi connectivity index (χ3v) is 5.42. The van der Waals surface area contributed by atoms with E-state index in [9.17, 15) is 0 Å². The van der Waals surface area contributed by atoms with Gasteiger partial charge in [-0.15, -0.1) is 12.6 Å². The van der Waals surface area contributed by atoms with E-state index >= 15 is 0 Å². The molecule has 6 nitrogen and oxygen atoms in total. The van der Waals surface area contributed by atoms with Crippen molar-refractivity contribution in [1.82, 2.24) is 5.32 Å². The van der Waals surface area contributed by atoms with E-state index in [-0.39, 0.29) is 5.54 Å². The van der Waals surface area contributed by atoms with E-state index < -0.39 is 0 Å². The molecule has 31 heavy (non-hydrogen) atoms. The zero-order valence-electron chi connectivity index (χ0n) is 17.9. The molecule has 2 aromatic carbocycles. The number of nitrogens with zero attached hydrogens (tertiary/aromatic N) is 1. The number of nitriles is 1. The Labute approximate surface area is 190 Å². The number of rotatable bonds is 6.